The quantitative estimate of drug-likeness (QED) is 0.722. The number of rotatable bonds is 5. The van der Waals surface area contributed by atoms with E-state index in [0.29, 0.717) is 12.2 Å². The molecule has 0 bridgehead atoms. The Morgan fingerprint density at radius 1 is 1.17 bits per heavy atom. The maximum absolute atomic E-state index is 12.8. The van der Waals surface area contributed by atoms with Crippen molar-refractivity contribution in [2.24, 2.45) is 0 Å². The average Bonchev–Trinajstić information content (AvgIpc) is 3.15. The summed E-state index contributed by atoms with van der Waals surface area (Å²) in [6.45, 7) is 2.43. The molecule has 0 fully saturated rings. The van der Waals surface area contributed by atoms with Crippen LogP contribution in [0.1, 0.15) is 34.7 Å². The molecule has 5 nitrogen and oxygen atoms in total. The summed E-state index contributed by atoms with van der Waals surface area (Å²) in [6, 6.07) is 15.5. The van der Waals surface area contributed by atoms with Gasteiger partial charge in [0.15, 0.2) is 5.69 Å². The molecule has 0 radical (unpaired) electrons. The predicted octanol–water partition coefficient (Wildman–Crippen LogP) is 3.34. The highest BCUT2D eigenvalue weighted by molar-refractivity contribution is 7.03. The topological polar surface area (TPSA) is 59.0 Å². The summed E-state index contributed by atoms with van der Waals surface area (Å²) in [5, 5.41) is 5.58. The first-order chi connectivity index (χ1) is 11.3. The molecule has 6 heteroatoms. The number of benzene rings is 1. The predicted molar refractivity (Wildman–Crippen MR) is 88.9 cm³/mol. The van der Waals surface area contributed by atoms with E-state index in [1.54, 1.807) is 16.5 Å². The van der Waals surface area contributed by atoms with Crippen molar-refractivity contribution in [3.05, 3.63) is 77.1 Å². The number of nitrogens with zero attached hydrogens (tertiary/aromatic N) is 4. The van der Waals surface area contributed by atoms with Crippen molar-refractivity contribution in [3.63, 3.8) is 0 Å². The first-order valence-corrected chi connectivity index (χ1v) is 8.12. The van der Waals surface area contributed by atoms with Crippen molar-refractivity contribution in [2.45, 2.75) is 19.5 Å². The first-order valence-electron chi connectivity index (χ1n) is 7.28. The van der Waals surface area contributed by atoms with Crippen LogP contribution in [0.5, 0.6) is 0 Å². The highest BCUT2D eigenvalue weighted by atomic mass is 32.1. The molecule has 0 N–H and O–H groups in total. The second-order valence-corrected chi connectivity index (χ2v) is 5.74. The lowest BCUT2D eigenvalue weighted by atomic mass is 10.1. The number of carbonyl (C=O) groups is 1. The smallest absolute Gasteiger partial charge is 0.276 e. The molecule has 2 aromatic heterocycles. The normalized spacial score (nSPS) is 11.9. The lowest BCUT2D eigenvalue weighted by Crippen LogP contribution is -2.33. The molecule has 1 atom stereocenters. The molecule has 1 amide bonds. The van der Waals surface area contributed by atoms with Crippen molar-refractivity contribution in [2.75, 3.05) is 0 Å². The van der Waals surface area contributed by atoms with Crippen LogP contribution in [0, 0.1) is 0 Å². The fourth-order valence-electron chi connectivity index (χ4n) is 2.37. The monoisotopic (exact) mass is 324 g/mol. The zero-order valence-corrected chi connectivity index (χ0v) is 13.5. The van der Waals surface area contributed by atoms with Crippen LogP contribution in [-0.2, 0) is 6.54 Å². The van der Waals surface area contributed by atoms with Crippen molar-refractivity contribution in [3.8, 4) is 0 Å². The number of amides is 1. The molecular weight excluding hydrogens is 308 g/mol. The fraction of sp³-hybridized carbons (Fsp3) is 0.176. The van der Waals surface area contributed by atoms with E-state index in [4.69, 9.17) is 0 Å². The summed E-state index contributed by atoms with van der Waals surface area (Å²) in [6.07, 6.45) is 1.73. The van der Waals surface area contributed by atoms with Gasteiger partial charge in [-0.2, -0.15) is 0 Å². The van der Waals surface area contributed by atoms with Crippen LogP contribution in [-0.4, -0.2) is 25.4 Å². The summed E-state index contributed by atoms with van der Waals surface area (Å²) in [4.78, 5) is 18.9. The third-order valence-corrected chi connectivity index (χ3v) is 4.15. The SMILES string of the molecule is C[C@@H](c1ccccc1)N(Cc1ccccn1)C(=O)c1csnn1. The molecule has 23 heavy (non-hydrogen) atoms. The van der Waals surface area contributed by atoms with Gasteiger partial charge in [-0.05, 0) is 36.2 Å². The Morgan fingerprint density at radius 3 is 2.61 bits per heavy atom. The van der Waals surface area contributed by atoms with Crippen LogP contribution < -0.4 is 0 Å². The van der Waals surface area contributed by atoms with Gasteiger partial charge in [-0.1, -0.05) is 40.9 Å². The van der Waals surface area contributed by atoms with Crippen LogP contribution >= 0.6 is 11.5 Å². The number of carbonyl (C=O) groups excluding carboxylic acids is 1. The third kappa shape index (κ3) is 3.60. The molecule has 3 rings (SSSR count). The number of hydrogen-bond acceptors (Lipinski definition) is 5. The van der Waals surface area contributed by atoms with E-state index >= 15 is 0 Å². The van der Waals surface area contributed by atoms with Gasteiger partial charge in [0.1, 0.15) is 0 Å². The largest absolute Gasteiger partial charge is 0.325 e. The van der Waals surface area contributed by atoms with Gasteiger partial charge in [0.25, 0.3) is 5.91 Å². The standard InChI is InChI=1S/C17H16N4OS/c1-13(14-7-3-2-4-8-14)21(11-15-9-5-6-10-18-15)17(22)16-12-23-20-19-16/h2-10,12-13H,11H2,1H3/t13-/m0/s1. The van der Waals surface area contributed by atoms with E-state index in [0.717, 1.165) is 11.3 Å². The van der Waals surface area contributed by atoms with Gasteiger partial charge < -0.3 is 4.90 Å². The highest BCUT2D eigenvalue weighted by Gasteiger charge is 2.25. The second-order valence-electron chi connectivity index (χ2n) is 5.13. The molecule has 0 unspecified atom stereocenters. The first kappa shape index (κ1) is 15.3. The van der Waals surface area contributed by atoms with E-state index in [2.05, 4.69) is 14.6 Å². The van der Waals surface area contributed by atoms with E-state index < -0.39 is 0 Å². The Balaban J connectivity index is 1.91. The maximum atomic E-state index is 12.8. The Hall–Kier alpha value is -2.60. The van der Waals surface area contributed by atoms with Crippen LogP contribution in [0.25, 0.3) is 0 Å². The maximum Gasteiger partial charge on any atom is 0.276 e. The van der Waals surface area contributed by atoms with Gasteiger partial charge in [-0.3, -0.25) is 9.78 Å². The molecule has 0 saturated heterocycles. The lowest BCUT2D eigenvalue weighted by Gasteiger charge is -2.28. The lowest BCUT2D eigenvalue weighted by molar-refractivity contribution is 0.0665. The van der Waals surface area contributed by atoms with Gasteiger partial charge in [-0.25, -0.2) is 0 Å². The highest BCUT2D eigenvalue weighted by Crippen LogP contribution is 2.23. The fourth-order valence-corrected chi connectivity index (χ4v) is 2.80. The van der Waals surface area contributed by atoms with Gasteiger partial charge in [0, 0.05) is 11.6 Å². The average molecular weight is 324 g/mol. The van der Waals surface area contributed by atoms with Crippen LogP contribution in [0.15, 0.2) is 60.1 Å². The minimum atomic E-state index is -0.138. The minimum Gasteiger partial charge on any atom is -0.325 e. The van der Waals surface area contributed by atoms with Crippen LogP contribution in [0.4, 0.5) is 0 Å². The molecule has 2 heterocycles. The Morgan fingerprint density at radius 2 is 1.96 bits per heavy atom. The van der Waals surface area contributed by atoms with E-state index in [-0.39, 0.29) is 11.9 Å². The van der Waals surface area contributed by atoms with Crippen molar-refractivity contribution in [1.29, 1.82) is 0 Å². The molecule has 0 spiro atoms. The number of pyridine rings is 1. The van der Waals surface area contributed by atoms with E-state index in [1.165, 1.54) is 11.5 Å². The van der Waals surface area contributed by atoms with Crippen LogP contribution in [0.3, 0.4) is 0 Å². The molecule has 3 aromatic rings. The molecule has 0 saturated carbocycles. The summed E-state index contributed by atoms with van der Waals surface area (Å²) in [5.74, 6) is -0.138. The summed E-state index contributed by atoms with van der Waals surface area (Å²) in [7, 11) is 0. The molecule has 0 aliphatic heterocycles. The Labute approximate surface area is 138 Å². The summed E-state index contributed by atoms with van der Waals surface area (Å²) in [5.41, 5.74) is 2.28. The van der Waals surface area contributed by atoms with Gasteiger partial charge in [-0.15, -0.1) is 5.10 Å². The number of hydrogen-bond donors (Lipinski definition) is 0. The second kappa shape index (κ2) is 7.11. The number of aromatic nitrogens is 3. The molecule has 0 aliphatic rings. The minimum absolute atomic E-state index is 0.0904. The van der Waals surface area contributed by atoms with Gasteiger partial charge >= 0.3 is 0 Å². The van der Waals surface area contributed by atoms with Crippen molar-refractivity contribution in [1.82, 2.24) is 19.5 Å². The zero-order chi connectivity index (χ0) is 16.1. The van der Waals surface area contributed by atoms with E-state index in [1.807, 2.05) is 55.5 Å². The van der Waals surface area contributed by atoms with Gasteiger partial charge in [0.2, 0.25) is 0 Å². The Bertz CT molecular complexity index is 747. The molecule has 116 valence electrons. The molecule has 0 aliphatic carbocycles. The van der Waals surface area contributed by atoms with E-state index in [9.17, 15) is 4.79 Å². The molecule has 1 aromatic carbocycles. The third-order valence-electron chi connectivity index (χ3n) is 3.65. The van der Waals surface area contributed by atoms with Crippen molar-refractivity contribution >= 4 is 17.4 Å². The summed E-state index contributed by atoms with van der Waals surface area (Å²) >= 11 is 1.17. The zero-order valence-electron chi connectivity index (χ0n) is 12.7. The summed E-state index contributed by atoms with van der Waals surface area (Å²) < 4.78 is 3.79. The Kier molecular flexibility index (Phi) is 4.73. The van der Waals surface area contributed by atoms with Crippen LogP contribution in [0.2, 0.25) is 0 Å². The van der Waals surface area contributed by atoms with Crippen molar-refractivity contribution < 1.29 is 4.79 Å². The molecular formula is C17H16N4OS. The van der Waals surface area contributed by atoms with Gasteiger partial charge in [0.05, 0.1) is 18.3 Å².